The third-order valence-electron chi connectivity index (χ3n) is 1.32. The Bertz CT molecular complexity index is 50.9. The summed E-state index contributed by atoms with van der Waals surface area (Å²) in [5.74, 6) is 0.708. The van der Waals surface area contributed by atoms with Crippen LogP contribution in [0.5, 0.6) is 0 Å². The quantitative estimate of drug-likeness (QED) is 0.612. The van der Waals surface area contributed by atoms with Crippen LogP contribution in [0.2, 0.25) is 0 Å². The first-order chi connectivity index (χ1) is 4.35. The van der Waals surface area contributed by atoms with E-state index < -0.39 is 0 Å². The molecule has 0 spiro atoms. The average molecular weight is 195 g/mol. The molecule has 1 unspecified atom stereocenters. The highest BCUT2D eigenvalue weighted by Crippen LogP contribution is 2.08. The van der Waals surface area contributed by atoms with Gasteiger partial charge in [-0.1, -0.05) is 29.3 Å². The van der Waals surface area contributed by atoms with Crippen LogP contribution < -0.4 is 0 Å². The van der Waals surface area contributed by atoms with Crippen LogP contribution in [-0.2, 0) is 4.74 Å². The molecule has 0 aliphatic carbocycles. The number of ether oxygens (including phenoxy) is 1. The van der Waals surface area contributed by atoms with Crippen LogP contribution in [0.15, 0.2) is 0 Å². The number of alkyl halides is 1. The second-order valence-electron chi connectivity index (χ2n) is 2.26. The summed E-state index contributed by atoms with van der Waals surface area (Å²) in [6, 6.07) is 0. The van der Waals surface area contributed by atoms with Gasteiger partial charge in [0.05, 0.1) is 0 Å². The van der Waals surface area contributed by atoms with Crippen molar-refractivity contribution >= 4 is 15.9 Å². The van der Waals surface area contributed by atoms with Crippen molar-refractivity contribution in [3.05, 3.63) is 0 Å². The van der Waals surface area contributed by atoms with Gasteiger partial charge in [-0.3, -0.25) is 0 Å². The molecule has 0 aromatic heterocycles. The third kappa shape index (κ3) is 4.91. The van der Waals surface area contributed by atoms with Crippen molar-refractivity contribution in [3.63, 3.8) is 0 Å². The second-order valence-corrected chi connectivity index (χ2v) is 2.91. The second kappa shape index (κ2) is 6.56. The van der Waals surface area contributed by atoms with Crippen LogP contribution in [0.1, 0.15) is 19.8 Å². The lowest BCUT2D eigenvalue weighted by Gasteiger charge is -2.09. The summed E-state index contributed by atoms with van der Waals surface area (Å²) in [4.78, 5) is 0. The minimum atomic E-state index is 0.708. The fourth-order valence-electron chi connectivity index (χ4n) is 0.849. The first-order valence-corrected chi connectivity index (χ1v) is 4.52. The predicted octanol–water partition coefficient (Wildman–Crippen LogP) is 2.44. The number of halogens is 1. The summed E-state index contributed by atoms with van der Waals surface area (Å²) in [5.41, 5.74) is 0. The SMILES string of the molecule is CCCC(CBr)COC. The summed E-state index contributed by atoms with van der Waals surface area (Å²) in [6.45, 7) is 3.09. The molecule has 0 N–H and O–H groups in total. The first kappa shape index (κ1) is 9.44. The molecule has 0 radical (unpaired) electrons. The van der Waals surface area contributed by atoms with Gasteiger partial charge in [0.15, 0.2) is 0 Å². The molecule has 0 aromatic rings. The van der Waals surface area contributed by atoms with Gasteiger partial charge in [0.1, 0.15) is 0 Å². The van der Waals surface area contributed by atoms with Crippen LogP contribution >= 0.6 is 15.9 Å². The summed E-state index contributed by atoms with van der Waals surface area (Å²) in [6.07, 6.45) is 2.51. The normalized spacial score (nSPS) is 13.7. The van der Waals surface area contributed by atoms with Gasteiger partial charge in [-0.15, -0.1) is 0 Å². The van der Waals surface area contributed by atoms with Crippen LogP contribution in [-0.4, -0.2) is 19.0 Å². The average Bonchev–Trinajstić information content (AvgIpc) is 1.88. The highest BCUT2D eigenvalue weighted by atomic mass is 79.9. The van der Waals surface area contributed by atoms with Crippen molar-refractivity contribution in [2.24, 2.45) is 5.92 Å². The Morgan fingerprint density at radius 1 is 1.56 bits per heavy atom. The van der Waals surface area contributed by atoms with E-state index in [0.717, 1.165) is 11.9 Å². The van der Waals surface area contributed by atoms with Crippen molar-refractivity contribution in [2.45, 2.75) is 19.8 Å². The van der Waals surface area contributed by atoms with Gasteiger partial charge in [0.25, 0.3) is 0 Å². The Morgan fingerprint density at radius 3 is 2.56 bits per heavy atom. The van der Waals surface area contributed by atoms with Crippen molar-refractivity contribution in [3.8, 4) is 0 Å². The molecule has 0 bridgehead atoms. The summed E-state index contributed by atoms with van der Waals surface area (Å²) >= 11 is 3.44. The Morgan fingerprint density at radius 2 is 2.22 bits per heavy atom. The van der Waals surface area contributed by atoms with Gasteiger partial charge in [-0.25, -0.2) is 0 Å². The number of methoxy groups -OCH3 is 1. The molecule has 0 aliphatic heterocycles. The lowest BCUT2D eigenvalue weighted by molar-refractivity contribution is 0.157. The van der Waals surface area contributed by atoms with E-state index in [1.54, 1.807) is 7.11 Å². The molecule has 1 atom stereocenters. The van der Waals surface area contributed by atoms with Crippen molar-refractivity contribution in [1.29, 1.82) is 0 Å². The van der Waals surface area contributed by atoms with E-state index in [-0.39, 0.29) is 0 Å². The molecule has 0 rings (SSSR count). The van der Waals surface area contributed by atoms with Gasteiger partial charge in [-0.05, 0) is 12.3 Å². The summed E-state index contributed by atoms with van der Waals surface area (Å²) < 4.78 is 5.02. The third-order valence-corrected chi connectivity index (χ3v) is 2.23. The van der Waals surface area contributed by atoms with E-state index in [2.05, 4.69) is 22.9 Å². The zero-order chi connectivity index (χ0) is 7.11. The molecule has 1 nitrogen and oxygen atoms in total. The molecule has 0 saturated heterocycles. The fraction of sp³-hybridized carbons (Fsp3) is 1.00. The molecular weight excluding hydrogens is 180 g/mol. The zero-order valence-electron chi connectivity index (χ0n) is 6.19. The minimum Gasteiger partial charge on any atom is -0.384 e. The predicted molar refractivity (Wildman–Crippen MR) is 44.1 cm³/mol. The summed E-state index contributed by atoms with van der Waals surface area (Å²) in [7, 11) is 1.76. The Balaban J connectivity index is 3.18. The van der Waals surface area contributed by atoms with E-state index in [4.69, 9.17) is 4.74 Å². The zero-order valence-corrected chi connectivity index (χ0v) is 7.78. The molecule has 0 aliphatic rings. The van der Waals surface area contributed by atoms with Crippen molar-refractivity contribution in [2.75, 3.05) is 19.0 Å². The molecular formula is C7H15BrO. The van der Waals surface area contributed by atoms with Gasteiger partial charge < -0.3 is 4.74 Å². The molecule has 0 amide bonds. The topological polar surface area (TPSA) is 9.23 Å². The fourth-order valence-corrected chi connectivity index (χ4v) is 1.36. The number of rotatable bonds is 5. The van der Waals surface area contributed by atoms with Gasteiger partial charge in [-0.2, -0.15) is 0 Å². The van der Waals surface area contributed by atoms with Gasteiger partial charge >= 0.3 is 0 Å². The van der Waals surface area contributed by atoms with Gasteiger partial charge in [0, 0.05) is 19.0 Å². The van der Waals surface area contributed by atoms with E-state index in [1.165, 1.54) is 12.8 Å². The lowest BCUT2D eigenvalue weighted by atomic mass is 10.1. The smallest absolute Gasteiger partial charge is 0.0498 e. The summed E-state index contributed by atoms with van der Waals surface area (Å²) in [5, 5.41) is 1.06. The molecule has 0 aromatic carbocycles. The maximum Gasteiger partial charge on any atom is 0.0498 e. The van der Waals surface area contributed by atoms with Crippen LogP contribution in [0, 0.1) is 5.92 Å². The maximum absolute atomic E-state index is 5.02. The molecule has 9 heavy (non-hydrogen) atoms. The highest BCUT2D eigenvalue weighted by Gasteiger charge is 2.03. The Labute approximate surface area is 65.9 Å². The van der Waals surface area contributed by atoms with E-state index >= 15 is 0 Å². The monoisotopic (exact) mass is 194 g/mol. The molecule has 56 valence electrons. The van der Waals surface area contributed by atoms with Crippen LogP contribution in [0.25, 0.3) is 0 Å². The van der Waals surface area contributed by atoms with Gasteiger partial charge in [0.2, 0.25) is 0 Å². The Kier molecular flexibility index (Phi) is 6.88. The lowest BCUT2D eigenvalue weighted by Crippen LogP contribution is -2.08. The minimum absolute atomic E-state index is 0.708. The number of hydrogen-bond acceptors (Lipinski definition) is 1. The number of hydrogen-bond donors (Lipinski definition) is 0. The van der Waals surface area contributed by atoms with Crippen molar-refractivity contribution in [1.82, 2.24) is 0 Å². The van der Waals surface area contributed by atoms with E-state index in [0.29, 0.717) is 5.92 Å². The maximum atomic E-state index is 5.02. The van der Waals surface area contributed by atoms with E-state index in [1.807, 2.05) is 0 Å². The molecule has 2 heteroatoms. The molecule has 0 heterocycles. The van der Waals surface area contributed by atoms with Crippen LogP contribution in [0.4, 0.5) is 0 Å². The van der Waals surface area contributed by atoms with Crippen molar-refractivity contribution < 1.29 is 4.74 Å². The first-order valence-electron chi connectivity index (χ1n) is 3.40. The molecule has 0 saturated carbocycles. The van der Waals surface area contributed by atoms with Crippen LogP contribution in [0.3, 0.4) is 0 Å². The molecule has 0 fully saturated rings. The standard InChI is InChI=1S/C7H15BrO/c1-3-4-7(5-8)6-9-2/h7H,3-6H2,1-2H3. The Hall–Kier alpha value is 0.440. The van der Waals surface area contributed by atoms with E-state index in [9.17, 15) is 0 Å². The highest BCUT2D eigenvalue weighted by molar-refractivity contribution is 9.09. The largest absolute Gasteiger partial charge is 0.384 e.